The fraction of sp³-hybridized carbons (Fsp3) is 1.00. The summed E-state index contributed by atoms with van der Waals surface area (Å²) >= 11 is 5.69. The maximum atomic E-state index is 7.19. The molecule has 0 saturated carbocycles. The van der Waals surface area contributed by atoms with Gasteiger partial charge in [-0.25, -0.2) is 0 Å². The largest absolute Gasteiger partial charge is 0.0928 e. The van der Waals surface area contributed by atoms with Gasteiger partial charge in [-0.15, -0.1) is 0 Å². The molecule has 0 atom stereocenters. The molecule has 0 saturated heterocycles. The van der Waals surface area contributed by atoms with E-state index in [4.69, 9.17) is 5.48 Å². The van der Waals surface area contributed by atoms with Crippen LogP contribution in [0.2, 0.25) is 0 Å². The lowest BCUT2D eigenvalue weighted by Gasteiger charge is -1.83. The van der Waals surface area contributed by atoms with Crippen molar-refractivity contribution in [2.45, 2.75) is 12.8 Å². The summed E-state index contributed by atoms with van der Waals surface area (Å²) in [4.78, 5) is 0. The SMILES string of the molecule is [2H]C([2H])(Br)C([2H])([2H])CCBr. The summed E-state index contributed by atoms with van der Waals surface area (Å²) in [5.41, 5.74) is 0. The van der Waals surface area contributed by atoms with Crippen LogP contribution in [0.4, 0.5) is 0 Å². The van der Waals surface area contributed by atoms with Crippen LogP contribution in [0.25, 0.3) is 0 Å². The Balaban J connectivity index is 4.10. The molecule has 0 unspecified atom stereocenters. The molecule has 0 fully saturated rings. The van der Waals surface area contributed by atoms with Crippen molar-refractivity contribution < 1.29 is 5.48 Å². The van der Waals surface area contributed by atoms with Crippen molar-refractivity contribution in [3.8, 4) is 0 Å². The summed E-state index contributed by atoms with van der Waals surface area (Å²) in [6, 6.07) is 0. The minimum absolute atomic E-state index is 0.158. The van der Waals surface area contributed by atoms with E-state index >= 15 is 0 Å². The number of rotatable bonds is 3. The number of halogens is 2. The van der Waals surface area contributed by atoms with Crippen LogP contribution >= 0.6 is 31.9 Å². The van der Waals surface area contributed by atoms with Gasteiger partial charge in [0.15, 0.2) is 0 Å². The molecule has 0 aromatic rings. The zero-order valence-electron chi connectivity index (χ0n) is 7.17. The van der Waals surface area contributed by atoms with Crippen molar-refractivity contribution in [1.29, 1.82) is 0 Å². The lowest BCUT2D eigenvalue weighted by atomic mass is 10.4. The number of alkyl halides is 2. The summed E-state index contributed by atoms with van der Waals surface area (Å²) in [5, 5.41) is -1.47. The monoisotopic (exact) mass is 218 g/mol. The van der Waals surface area contributed by atoms with Crippen molar-refractivity contribution in [1.82, 2.24) is 0 Å². The number of hydrogen-bond donors (Lipinski definition) is 0. The van der Waals surface area contributed by atoms with Crippen molar-refractivity contribution in [2.24, 2.45) is 0 Å². The standard InChI is InChI=1S/C4H8Br2/c5-3-1-2-4-6/h1-4H2/i1D2,3D2. The molecule has 0 amide bonds. The molecule has 0 heterocycles. The molecule has 0 aromatic heterocycles. The second-order valence-electron chi connectivity index (χ2n) is 0.710. The molecule has 0 N–H and O–H groups in total. The van der Waals surface area contributed by atoms with Gasteiger partial charge in [0, 0.05) is 16.1 Å². The van der Waals surface area contributed by atoms with Gasteiger partial charge in [0.2, 0.25) is 0 Å². The van der Waals surface area contributed by atoms with Crippen LogP contribution in [0, 0.1) is 0 Å². The molecule has 38 valence electrons. The Morgan fingerprint density at radius 2 is 2.17 bits per heavy atom. The van der Waals surface area contributed by atoms with E-state index in [2.05, 4.69) is 31.9 Å². The highest BCUT2D eigenvalue weighted by atomic mass is 79.9. The maximum Gasteiger partial charge on any atom is 0.0387 e. The van der Waals surface area contributed by atoms with Crippen molar-refractivity contribution in [3.63, 3.8) is 0 Å². The third-order valence-electron chi connectivity index (χ3n) is 0.286. The Labute approximate surface area is 61.2 Å². The fourth-order valence-corrected chi connectivity index (χ4v) is 0.491. The van der Waals surface area contributed by atoms with Crippen molar-refractivity contribution in [3.05, 3.63) is 0 Å². The summed E-state index contributed by atoms with van der Waals surface area (Å²) in [7, 11) is 0. The van der Waals surface area contributed by atoms with E-state index in [1.807, 2.05) is 0 Å². The van der Waals surface area contributed by atoms with Crippen LogP contribution in [0.3, 0.4) is 0 Å². The molecular formula is C4H8Br2. The molecule has 0 rings (SSSR count). The quantitative estimate of drug-likeness (QED) is 0.641. The Bertz CT molecular complexity index is 108. The molecule has 0 aliphatic rings. The molecular weight excluding hydrogens is 208 g/mol. The van der Waals surface area contributed by atoms with Crippen LogP contribution in [0.1, 0.15) is 18.3 Å². The third-order valence-corrected chi connectivity index (χ3v) is 0.963. The Morgan fingerprint density at radius 3 is 2.33 bits per heavy atom. The van der Waals surface area contributed by atoms with Gasteiger partial charge in [0.25, 0.3) is 0 Å². The molecule has 0 bridgehead atoms. The molecule has 0 aromatic carbocycles. The molecule has 0 spiro atoms. The summed E-state index contributed by atoms with van der Waals surface area (Å²) in [5.74, 6) is 0. The second-order valence-corrected chi connectivity index (χ2v) is 1.90. The highest BCUT2D eigenvalue weighted by molar-refractivity contribution is 9.09. The first-order valence-corrected chi connectivity index (χ1v) is 3.47. The lowest BCUT2D eigenvalue weighted by Crippen LogP contribution is -1.73. The van der Waals surface area contributed by atoms with Crippen LogP contribution in [-0.2, 0) is 0 Å². The van der Waals surface area contributed by atoms with E-state index in [1.54, 1.807) is 0 Å². The van der Waals surface area contributed by atoms with E-state index in [9.17, 15) is 0 Å². The molecule has 6 heavy (non-hydrogen) atoms. The summed E-state index contributed by atoms with van der Waals surface area (Å²) in [6.45, 7) is 0. The minimum Gasteiger partial charge on any atom is -0.0928 e. The van der Waals surface area contributed by atoms with Gasteiger partial charge >= 0.3 is 0 Å². The lowest BCUT2D eigenvalue weighted by molar-refractivity contribution is 0.919. The van der Waals surface area contributed by atoms with E-state index in [-0.39, 0.29) is 6.42 Å². The highest BCUT2D eigenvalue weighted by Gasteiger charge is 1.77. The van der Waals surface area contributed by atoms with E-state index in [1.165, 1.54) is 0 Å². The summed E-state index contributed by atoms with van der Waals surface area (Å²) < 4.78 is 28.4. The minimum atomic E-state index is -1.94. The van der Waals surface area contributed by atoms with Gasteiger partial charge in [-0.1, -0.05) is 31.9 Å². The Kier molecular flexibility index (Phi) is 2.48. The molecule has 0 nitrogen and oxygen atoms in total. The van der Waals surface area contributed by atoms with Crippen molar-refractivity contribution in [2.75, 3.05) is 10.6 Å². The topological polar surface area (TPSA) is 0 Å². The molecule has 2 heteroatoms. The average Bonchev–Trinajstić information content (AvgIpc) is 1.61. The first kappa shape index (κ1) is 2.49. The zero-order chi connectivity index (χ0) is 8.41. The van der Waals surface area contributed by atoms with Gasteiger partial charge < -0.3 is 0 Å². The smallest absolute Gasteiger partial charge is 0.0387 e. The van der Waals surface area contributed by atoms with E-state index < -0.39 is 11.7 Å². The molecule has 0 aliphatic carbocycles. The Hall–Kier alpha value is 0.960. The van der Waals surface area contributed by atoms with Gasteiger partial charge in [-0.2, -0.15) is 0 Å². The van der Waals surface area contributed by atoms with E-state index in [0.29, 0.717) is 5.33 Å². The molecule has 0 radical (unpaired) electrons. The van der Waals surface area contributed by atoms with Crippen LogP contribution in [-0.4, -0.2) is 10.6 Å². The van der Waals surface area contributed by atoms with E-state index in [0.717, 1.165) is 0 Å². The maximum absolute atomic E-state index is 7.19. The van der Waals surface area contributed by atoms with Crippen LogP contribution in [0.5, 0.6) is 0 Å². The predicted octanol–water partition coefficient (Wildman–Crippen LogP) is 2.56. The number of hydrogen-bond acceptors (Lipinski definition) is 0. The van der Waals surface area contributed by atoms with Crippen LogP contribution in [0.15, 0.2) is 0 Å². The van der Waals surface area contributed by atoms with Gasteiger partial charge in [-0.3, -0.25) is 0 Å². The third kappa shape index (κ3) is 4.96. The van der Waals surface area contributed by atoms with Crippen molar-refractivity contribution >= 4 is 31.9 Å². The van der Waals surface area contributed by atoms with Gasteiger partial charge in [0.05, 0.1) is 0 Å². The second kappa shape index (κ2) is 5.96. The van der Waals surface area contributed by atoms with Gasteiger partial charge in [0.1, 0.15) is 0 Å². The fourth-order valence-electron chi connectivity index (χ4n) is 0.0945. The Morgan fingerprint density at radius 1 is 1.50 bits per heavy atom. The highest BCUT2D eigenvalue weighted by Crippen LogP contribution is 1.95. The average molecular weight is 220 g/mol. The zero-order valence-corrected chi connectivity index (χ0v) is 6.34. The predicted molar refractivity (Wildman–Crippen MR) is 36.8 cm³/mol. The first-order valence-electron chi connectivity index (χ1n) is 3.56. The normalized spacial score (nSPS) is 23.7. The first-order chi connectivity index (χ1) is 4.31. The van der Waals surface area contributed by atoms with Gasteiger partial charge in [-0.05, 0) is 12.8 Å². The van der Waals surface area contributed by atoms with Crippen LogP contribution < -0.4 is 0 Å². The summed E-state index contributed by atoms with van der Waals surface area (Å²) in [6.07, 6.45) is -1.65. The molecule has 0 aliphatic heterocycles.